The second kappa shape index (κ2) is 6.31. The third kappa shape index (κ3) is 2.68. The van der Waals surface area contributed by atoms with E-state index in [1.165, 1.54) is 5.56 Å². The molecule has 1 heterocycles. The monoisotopic (exact) mass is 323 g/mol. The number of rotatable bonds is 3. The van der Waals surface area contributed by atoms with Crippen LogP contribution in [0.4, 0.5) is 4.39 Å². The predicted molar refractivity (Wildman–Crippen MR) is 96.5 cm³/mol. The smallest absolute Gasteiger partial charge is 0.232 e. The lowest BCUT2D eigenvalue weighted by atomic mass is 9.94. The van der Waals surface area contributed by atoms with Crippen LogP contribution >= 0.6 is 0 Å². The first-order valence-corrected chi connectivity index (χ1v) is 8.48. The van der Waals surface area contributed by atoms with Gasteiger partial charge in [0.25, 0.3) is 6.33 Å². The molecule has 0 N–H and O–H groups in total. The second-order valence-electron chi connectivity index (χ2n) is 6.61. The van der Waals surface area contributed by atoms with E-state index >= 15 is 0 Å². The van der Waals surface area contributed by atoms with Crippen molar-refractivity contribution in [3.8, 4) is 11.3 Å². The third-order valence-corrected chi connectivity index (χ3v) is 4.84. The van der Waals surface area contributed by atoms with E-state index in [1.807, 2.05) is 44.8 Å². The molecule has 0 unspecified atom stereocenters. The first-order valence-electron chi connectivity index (χ1n) is 8.48. The van der Waals surface area contributed by atoms with Gasteiger partial charge in [0.1, 0.15) is 11.5 Å². The first kappa shape index (κ1) is 16.6. The Morgan fingerprint density at radius 2 is 1.83 bits per heavy atom. The molecule has 0 aliphatic heterocycles. The summed E-state index contributed by atoms with van der Waals surface area (Å²) in [5.41, 5.74) is 6.85. The Hall–Kier alpha value is -2.29. The highest BCUT2D eigenvalue weighted by Crippen LogP contribution is 2.31. The van der Waals surface area contributed by atoms with Gasteiger partial charge in [-0.2, -0.15) is 0 Å². The molecule has 3 rings (SSSR count). The van der Waals surface area contributed by atoms with Crippen LogP contribution in [0.25, 0.3) is 22.2 Å². The van der Waals surface area contributed by atoms with Crippen LogP contribution in [-0.2, 0) is 13.5 Å². The van der Waals surface area contributed by atoms with Crippen molar-refractivity contribution < 1.29 is 8.96 Å². The van der Waals surface area contributed by atoms with Gasteiger partial charge in [-0.05, 0) is 72.6 Å². The molecular weight excluding hydrogens is 299 g/mol. The van der Waals surface area contributed by atoms with Gasteiger partial charge in [0.15, 0.2) is 5.52 Å². The molecule has 0 spiro atoms. The quantitative estimate of drug-likeness (QED) is 0.636. The normalized spacial score (nSPS) is 11.2. The molecule has 124 valence electrons. The van der Waals surface area contributed by atoms with Gasteiger partial charge in [-0.15, -0.1) is 0 Å². The van der Waals surface area contributed by atoms with E-state index < -0.39 is 0 Å². The van der Waals surface area contributed by atoms with Crippen LogP contribution in [0.3, 0.4) is 0 Å². The highest BCUT2D eigenvalue weighted by Gasteiger charge is 2.20. The molecular formula is C21H24FN2+. The summed E-state index contributed by atoms with van der Waals surface area (Å²) in [5.74, 6) is -0.109. The van der Waals surface area contributed by atoms with Crippen LogP contribution in [0.1, 0.15) is 35.6 Å². The highest BCUT2D eigenvalue weighted by molar-refractivity contribution is 5.92. The lowest BCUT2D eigenvalue weighted by Gasteiger charge is -2.13. The van der Waals surface area contributed by atoms with Crippen molar-refractivity contribution in [1.82, 2.24) is 4.98 Å². The molecule has 0 aliphatic carbocycles. The van der Waals surface area contributed by atoms with Crippen LogP contribution < -0.4 is 4.57 Å². The minimum absolute atomic E-state index is 0.109. The zero-order valence-corrected chi connectivity index (χ0v) is 15.1. The van der Waals surface area contributed by atoms with Crippen molar-refractivity contribution >= 4 is 10.9 Å². The maximum Gasteiger partial charge on any atom is 0.287 e. The molecule has 3 heteroatoms. The summed E-state index contributed by atoms with van der Waals surface area (Å²) in [7, 11) is 2.00. The Morgan fingerprint density at radius 1 is 1.08 bits per heavy atom. The number of benzene rings is 2. The van der Waals surface area contributed by atoms with E-state index in [0.717, 1.165) is 46.1 Å². The molecule has 0 amide bonds. The van der Waals surface area contributed by atoms with Crippen LogP contribution in [0, 0.1) is 26.6 Å². The minimum atomic E-state index is -0.109. The summed E-state index contributed by atoms with van der Waals surface area (Å²) in [6, 6.07) is 8.44. The van der Waals surface area contributed by atoms with Gasteiger partial charge in [-0.1, -0.05) is 19.4 Å². The number of hydrogen-bond acceptors (Lipinski definition) is 1. The topological polar surface area (TPSA) is 16.8 Å². The second-order valence-corrected chi connectivity index (χ2v) is 6.61. The van der Waals surface area contributed by atoms with Crippen molar-refractivity contribution in [3.63, 3.8) is 0 Å². The van der Waals surface area contributed by atoms with Gasteiger partial charge in [-0.25, -0.2) is 8.96 Å². The van der Waals surface area contributed by atoms with Crippen LogP contribution in [0.15, 0.2) is 30.6 Å². The molecule has 0 fully saturated rings. The molecule has 0 radical (unpaired) electrons. The molecule has 0 saturated carbocycles. The van der Waals surface area contributed by atoms with Crippen molar-refractivity contribution in [2.45, 2.75) is 40.5 Å². The summed E-state index contributed by atoms with van der Waals surface area (Å²) in [5, 5.41) is 1.10. The minimum Gasteiger partial charge on any atom is -0.232 e. The maximum absolute atomic E-state index is 14.2. The van der Waals surface area contributed by atoms with Crippen molar-refractivity contribution in [1.29, 1.82) is 0 Å². The van der Waals surface area contributed by atoms with Gasteiger partial charge in [0, 0.05) is 5.56 Å². The van der Waals surface area contributed by atoms with E-state index in [0.29, 0.717) is 5.56 Å². The Balaban J connectivity index is 2.32. The molecule has 1 aromatic heterocycles. The zero-order chi connectivity index (χ0) is 17.4. The van der Waals surface area contributed by atoms with Gasteiger partial charge in [0.05, 0.1) is 12.4 Å². The summed E-state index contributed by atoms with van der Waals surface area (Å²) in [6.07, 6.45) is 4.02. The first-order chi connectivity index (χ1) is 11.4. The summed E-state index contributed by atoms with van der Waals surface area (Å²) >= 11 is 0. The fourth-order valence-corrected chi connectivity index (χ4v) is 3.36. The van der Waals surface area contributed by atoms with E-state index in [2.05, 4.69) is 30.1 Å². The van der Waals surface area contributed by atoms with E-state index in [4.69, 9.17) is 0 Å². The van der Waals surface area contributed by atoms with Crippen molar-refractivity contribution in [3.05, 3.63) is 58.7 Å². The van der Waals surface area contributed by atoms with Crippen LogP contribution in [0.5, 0.6) is 0 Å². The molecule has 3 aromatic rings. The predicted octanol–water partition coefficient (Wildman–Crippen LogP) is 4.74. The number of nitrogens with zero attached hydrogens (tertiary/aromatic N) is 2. The Kier molecular flexibility index (Phi) is 4.35. The van der Waals surface area contributed by atoms with Gasteiger partial charge >= 0.3 is 0 Å². The molecule has 2 aromatic carbocycles. The largest absolute Gasteiger partial charge is 0.287 e. The van der Waals surface area contributed by atoms with Crippen molar-refractivity contribution in [2.24, 2.45) is 7.05 Å². The zero-order valence-electron chi connectivity index (χ0n) is 15.1. The van der Waals surface area contributed by atoms with Gasteiger partial charge in [0.2, 0.25) is 0 Å². The molecule has 2 nitrogen and oxygen atoms in total. The van der Waals surface area contributed by atoms with Gasteiger partial charge < -0.3 is 0 Å². The van der Waals surface area contributed by atoms with Crippen LogP contribution in [-0.4, -0.2) is 4.98 Å². The van der Waals surface area contributed by atoms with E-state index in [-0.39, 0.29) is 5.82 Å². The number of aromatic nitrogens is 2. The molecule has 0 aliphatic rings. The summed E-state index contributed by atoms with van der Waals surface area (Å²) < 4.78 is 16.2. The molecule has 0 saturated heterocycles. The fraction of sp³-hybridized carbons (Fsp3) is 0.333. The average Bonchev–Trinajstić information content (AvgIpc) is 2.57. The summed E-state index contributed by atoms with van der Waals surface area (Å²) in [4.78, 5) is 4.59. The lowest BCUT2D eigenvalue weighted by Crippen LogP contribution is -2.32. The molecule has 0 bridgehead atoms. The van der Waals surface area contributed by atoms with Gasteiger partial charge in [-0.3, -0.25) is 0 Å². The van der Waals surface area contributed by atoms with E-state index in [9.17, 15) is 4.39 Å². The Morgan fingerprint density at radius 3 is 2.54 bits per heavy atom. The SMILES string of the molecule is CCCc1ccc2c(-c3cc(C)c(F)c(C)c3C)[n+](C)cnc2c1. The Labute approximate surface area is 143 Å². The van der Waals surface area contributed by atoms with E-state index in [1.54, 1.807) is 0 Å². The number of fused-ring (bicyclic) bond motifs is 1. The van der Waals surface area contributed by atoms with Crippen LogP contribution in [0.2, 0.25) is 0 Å². The molecule has 0 atom stereocenters. The standard InChI is InChI=1S/C21H24FN2/c1-6-7-16-8-9-17-19(11-16)23-12-24(5)21(17)18-10-13(2)20(22)15(4)14(18)3/h8-12H,6-7H2,1-5H3/q+1. The number of hydrogen-bond donors (Lipinski definition) is 0. The maximum atomic E-state index is 14.2. The number of aryl methyl sites for hydroxylation is 3. The lowest BCUT2D eigenvalue weighted by molar-refractivity contribution is -0.662. The summed E-state index contributed by atoms with van der Waals surface area (Å²) in [6.45, 7) is 7.85. The highest BCUT2D eigenvalue weighted by atomic mass is 19.1. The number of halogens is 1. The third-order valence-electron chi connectivity index (χ3n) is 4.84. The molecule has 24 heavy (non-hydrogen) atoms. The average molecular weight is 323 g/mol. The fourth-order valence-electron chi connectivity index (χ4n) is 3.36. The van der Waals surface area contributed by atoms with Crippen molar-refractivity contribution in [2.75, 3.05) is 0 Å². The Bertz CT molecular complexity index is 929.